The minimum absolute atomic E-state index is 0. The van der Waals surface area contributed by atoms with E-state index in [1.807, 2.05) is 19.9 Å². The number of halogens is 4. The lowest BCUT2D eigenvalue weighted by molar-refractivity contribution is 0.202. The van der Waals surface area contributed by atoms with Crippen LogP contribution in [0.4, 0.5) is 4.39 Å². The van der Waals surface area contributed by atoms with Crippen LogP contribution in [-0.4, -0.2) is 40.7 Å². The highest BCUT2D eigenvalue weighted by molar-refractivity contribution is 7.18. The fraction of sp³-hybridized carbons (Fsp3) is 0.300. The molecule has 0 spiro atoms. The fourth-order valence-corrected chi connectivity index (χ4v) is 3.88. The highest BCUT2D eigenvalue weighted by Gasteiger charge is 2.17. The van der Waals surface area contributed by atoms with Crippen molar-refractivity contribution in [2.24, 2.45) is 5.73 Å². The van der Waals surface area contributed by atoms with E-state index in [1.165, 1.54) is 23.5 Å². The molecule has 0 radical (unpaired) electrons. The molecule has 0 bridgehead atoms. The zero-order chi connectivity index (χ0) is 21.8. The first-order valence-electron chi connectivity index (χ1n) is 9.07. The van der Waals surface area contributed by atoms with Crippen molar-refractivity contribution in [2.45, 2.75) is 26.0 Å². The Balaban J connectivity index is 0.00000341. The first-order chi connectivity index (χ1) is 14.3. The van der Waals surface area contributed by atoms with Gasteiger partial charge in [0.2, 0.25) is 0 Å². The molecule has 1 heterocycles. The summed E-state index contributed by atoms with van der Waals surface area (Å²) in [6.07, 6.45) is 0.00449. The Labute approximate surface area is 199 Å². The quantitative estimate of drug-likeness (QED) is 0.433. The Bertz CT molecular complexity index is 1040. The summed E-state index contributed by atoms with van der Waals surface area (Å²) >= 11 is 13.9. The average molecular weight is 509 g/mol. The summed E-state index contributed by atoms with van der Waals surface area (Å²) in [6.45, 7) is 3.53. The largest absolute Gasteiger partial charge is 0.489 e. The highest BCUT2D eigenvalue weighted by atomic mass is 35.5. The number of nitrogens with two attached hydrogens (primary N) is 1. The van der Waals surface area contributed by atoms with E-state index in [4.69, 9.17) is 43.5 Å². The molecule has 0 fully saturated rings. The van der Waals surface area contributed by atoms with Crippen molar-refractivity contribution in [3.63, 3.8) is 0 Å². The van der Waals surface area contributed by atoms with Crippen LogP contribution in [0.25, 0.3) is 21.1 Å². The molecule has 0 aliphatic carbocycles. The Kier molecular flexibility index (Phi) is 9.29. The van der Waals surface area contributed by atoms with Gasteiger partial charge in [0.25, 0.3) is 0 Å². The van der Waals surface area contributed by atoms with E-state index in [1.54, 1.807) is 12.1 Å². The third-order valence-corrected chi connectivity index (χ3v) is 5.52. The molecule has 3 aromatic rings. The molecular weight excluding hydrogens is 488 g/mol. The number of ether oxygens (including phenoxy) is 2. The second kappa shape index (κ2) is 11.3. The number of aliphatic hydroxyl groups is 1. The van der Waals surface area contributed by atoms with E-state index in [2.05, 4.69) is 10.2 Å². The van der Waals surface area contributed by atoms with E-state index in [0.29, 0.717) is 26.4 Å². The van der Waals surface area contributed by atoms with Gasteiger partial charge in [-0.15, -0.1) is 22.6 Å². The van der Waals surface area contributed by atoms with Crippen LogP contribution < -0.4 is 15.2 Å². The molecule has 3 N–H and O–H groups in total. The third-order valence-electron chi connectivity index (χ3n) is 3.91. The van der Waals surface area contributed by atoms with Gasteiger partial charge >= 0.3 is 0 Å². The lowest BCUT2D eigenvalue weighted by Gasteiger charge is -2.12. The molecule has 1 atom stereocenters. The summed E-state index contributed by atoms with van der Waals surface area (Å²) in [7, 11) is 0. The van der Waals surface area contributed by atoms with Crippen molar-refractivity contribution in [1.82, 2.24) is 10.2 Å². The van der Waals surface area contributed by atoms with E-state index < -0.39 is 11.9 Å². The van der Waals surface area contributed by atoms with Gasteiger partial charge in [-0.05, 0) is 38.1 Å². The van der Waals surface area contributed by atoms with Crippen LogP contribution in [0.15, 0.2) is 30.3 Å². The molecular formula is C20H21Cl3FN3O3S. The van der Waals surface area contributed by atoms with E-state index >= 15 is 0 Å². The molecule has 0 aliphatic heterocycles. The summed E-state index contributed by atoms with van der Waals surface area (Å²) in [5, 5.41) is 19.0. The van der Waals surface area contributed by atoms with Crippen LogP contribution in [0, 0.1) is 5.82 Å². The number of hydrogen-bond acceptors (Lipinski definition) is 7. The van der Waals surface area contributed by atoms with Crippen LogP contribution in [0.1, 0.15) is 13.8 Å². The van der Waals surface area contributed by atoms with Gasteiger partial charge in [0.15, 0.2) is 11.6 Å². The molecule has 0 unspecified atom stereocenters. The van der Waals surface area contributed by atoms with E-state index in [-0.39, 0.29) is 42.5 Å². The monoisotopic (exact) mass is 507 g/mol. The molecule has 0 saturated heterocycles. The molecule has 11 heteroatoms. The minimum Gasteiger partial charge on any atom is -0.489 e. The number of hydrogen-bond donors (Lipinski definition) is 2. The maximum Gasteiger partial charge on any atom is 0.165 e. The maximum absolute atomic E-state index is 14.4. The van der Waals surface area contributed by atoms with Gasteiger partial charge in [0.05, 0.1) is 28.8 Å². The molecule has 0 amide bonds. The van der Waals surface area contributed by atoms with Gasteiger partial charge in [-0.1, -0.05) is 34.5 Å². The topological polar surface area (TPSA) is 90.5 Å². The van der Waals surface area contributed by atoms with Crippen LogP contribution in [0.5, 0.6) is 11.5 Å². The van der Waals surface area contributed by atoms with Crippen molar-refractivity contribution in [3.05, 3.63) is 46.2 Å². The molecule has 1 aromatic heterocycles. The Morgan fingerprint density at radius 2 is 1.81 bits per heavy atom. The van der Waals surface area contributed by atoms with Gasteiger partial charge in [-0.25, -0.2) is 4.39 Å². The van der Waals surface area contributed by atoms with Crippen LogP contribution in [0.3, 0.4) is 0 Å². The molecule has 0 aliphatic rings. The average Bonchev–Trinajstić information content (AvgIpc) is 3.19. The van der Waals surface area contributed by atoms with E-state index in [0.717, 1.165) is 5.56 Å². The standard InChI is InChI=1S/C20H20Cl2FN3O3S.ClH/c1-10(2)29-17-4-3-11(5-15(17)22)19-25-26-20(30-19)13-6-16(23)18(7-14(13)21)28-9-12(24)8-27;/h3-7,10,12,27H,8-9,24H2,1-2H3;1H/t12-;/m0./s1. The van der Waals surface area contributed by atoms with Gasteiger partial charge < -0.3 is 20.3 Å². The highest BCUT2D eigenvalue weighted by Crippen LogP contribution is 2.38. The van der Waals surface area contributed by atoms with Crippen LogP contribution >= 0.6 is 46.9 Å². The Morgan fingerprint density at radius 3 is 2.45 bits per heavy atom. The number of aromatic nitrogens is 2. The maximum atomic E-state index is 14.4. The SMILES string of the molecule is CC(C)Oc1ccc(-c2nnc(-c3cc(F)c(OC[C@@H](N)CO)cc3Cl)s2)cc1Cl.Cl. The Hall–Kier alpha value is -1.68. The molecule has 6 nitrogen and oxygen atoms in total. The summed E-state index contributed by atoms with van der Waals surface area (Å²) in [5.41, 5.74) is 6.72. The molecule has 168 valence electrons. The van der Waals surface area contributed by atoms with Crippen molar-refractivity contribution < 1.29 is 19.0 Å². The van der Waals surface area contributed by atoms with Crippen LogP contribution in [0.2, 0.25) is 10.0 Å². The predicted octanol–water partition coefficient (Wildman–Crippen LogP) is 5.23. The molecule has 3 rings (SSSR count). The summed E-state index contributed by atoms with van der Waals surface area (Å²) in [6, 6.07) is 7.32. The summed E-state index contributed by atoms with van der Waals surface area (Å²) in [4.78, 5) is 0. The molecule has 31 heavy (non-hydrogen) atoms. The van der Waals surface area contributed by atoms with Crippen LogP contribution in [-0.2, 0) is 0 Å². The number of nitrogens with zero attached hydrogens (tertiary/aromatic N) is 2. The first-order valence-corrected chi connectivity index (χ1v) is 10.6. The molecule has 2 aromatic carbocycles. The van der Waals surface area contributed by atoms with E-state index in [9.17, 15) is 4.39 Å². The smallest absolute Gasteiger partial charge is 0.165 e. The summed E-state index contributed by atoms with van der Waals surface area (Å²) in [5.74, 6) is -0.0822. The predicted molar refractivity (Wildman–Crippen MR) is 124 cm³/mol. The third kappa shape index (κ3) is 6.41. The van der Waals surface area contributed by atoms with Gasteiger partial charge in [0, 0.05) is 17.2 Å². The second-order valence-electron chi connectivity index (χ2n) is 6.74. The number of aliphatic hydroxyl groups excluding tert-OH is 1. The van der Waals surface area contributed by atoms with Crippen molar-refractivity contribution in [1.29, 1.82) is 0 Å². The zero-order valence-electron chi connectivity index (χ0n) is 16.6. The Morgan fingerprint density at radius 1 is 1.10 bits per heavy atom. The number of benzene rings is 2. The second-order valence-corrected chi connectivity index (χ2v) is 8.53. The fourth-order valence-electron chi connectivity index (χ4n) is 2.48. The summed E-state index contributed by atoms with van der Waals surface area (Å²) < 4.78 is 25.4. The van der Waals surface area contributed by atoms with Crippen molar-refractivity contribution >= 4 is 46.9 Å². The first kappa shape index (κ1) is 25.6. The van der Waals surface area contributed by atoms with Crippen molar-refractivity contribution in [3.8, 4) is 32.6 Å². The lowest BCUT2D eigenvalue weighted by Crippen LogP contribution is -2.31. The zero-order valence-corrected chi connectivity index (χ0v) is 19.8. The molecule has 0 saturated carbocycles. The van der Waals surface area contributed by atoms with Gasteiger partial charge in [-0.2, -0.15) is 0 Å². The normalized spacial score (nSPS) is 11.9. The lowest BCUT2D eigenvalue weighted by atomic mass is 10.2. The number of rotatable bonds is 8. The van der Waals surface area contributed by atoms with Gasteiger partial charge in [0.1, 0.15) is 22.4 Å². The van der Waals surface area contributed by atoms with Gasteiger partial charge in [-0.3, -0.25) is 0 Å². The van der Waals surface area contributed by atoms with Crippen molar-refractivity contribution in [2.75, 3.05) is 13.2 Å². The minimum atomic E-state index is -0.616.